The minimum atomic E-state index is -1.43. The van der Waals surface area contributed by atoms with Crippen molar-refractivity contribution in [1.29, 1.82) is 0 Å². The van der Waals surface area contributed by atoms with Crippen molar-refractivity contribution in [2.45, 2.75) is 37.1 Å². The van der Waals surface area contributed by atoms with Gasteiger partial charge in [-0.3, -0.25) is 0 Å². The van der Waals surface area contributed by atoms with Crippen LogP contribution in [0.3, 0.4) is 0 Å². The molecule has 0 saturated heterocycles. The number of rotatable bonds is 7. The first-order chi connectivity index (χ1) is 10.5. The summed E-state index contributed by atoms with van der Waals surface area (Å²) in [4.78, 5) is 0. The lowest BCUT2D eigenvalue weighted by atomic mass is 9.82. The average molecular weight is 300 g/mol. The second kappa shape index (κ2) is 7.51. The summed E-state index contributed by atoms with van der Waals surface area (Å²) in [5, 5.41) is 20.3. The van der Waals surface area contributed by atoms with Crippen molar-refractivity contribution < 1.29 is 10.2 Å². The van der Waals surface area contributed by atoms with Gasteiger partial charge in [0.05, 0.1) is 0 Å². The van der Waals surface area contributed by atoms with Crippen LogP contribution in [0.15, 0.2) is 60.7 Å². The Morgan fingerprint density at radius 1 is 0.955 bits per heavy atom. The highest BCUT2D eigenvalue weighted by atomic mass is 16.3. The highest BCUT2D eigenvalue weighted by Crippen LogP contribution is 2.32. The molecule has 4 heteroatoms. The first kappa shape index (κ1) is 16.6. The Bertz CT molecular complexity index is 556. The van der Waals surface area contributed by atoms with Crippen LogP contribution in [-0.4, -0.2) is 22.2 Å². The summed E-state index contributed by atoms with van der Waals surface area (Å²) in [7, 11) is 0. The lowest BCUT2D eigenvalue weighted by Crippen LogP contribution is -2.48. The maximum absolute atomic E-state index is 10.7. The first-order valence-corrected chi connectivity index (χ1v) is 7.53. The monoisotopic (exact) mass is 300 g/mol. The highest BCUT2D eigenvalue weighted by molar-refractivity contribution is 5.23. The molecule has 4 nitrogen and oxygen atoms in total. The first-order valence-electron chi connectivity index (χ1n) is 7.53. The minimum absolute atomic E-state index is 0.214. The summed E-state index contributed by atoms with van der Waals surface area (Å²) < 4.78 is 0. The molecule has 0 saturated carbocycles. The van der Waals surface area contributed by atoms with Crippen molar-refractivity contribution in [3.63, 3.8) is 0 Å². The molecule has 6 N–H and O–H groups in total. The van der Waals surface area contributed by atoms with Gasteiger partial charge < -0.3 is 21.7 Å². The summed E-state index contributed by atoms with van der Waals surface area (Å²) in [5.41, 5.74) is 12.3. The van der Waals surface area contributed by atoms with Crippen molar-refractivity contribution in [1.82, 2.24) is 0 Å². The summed E-state index contributed by atoms with van der Waals surface area (Å²) in [6.07, 6.45) is 0.254. The van der Waals surface area contributed by atoms with Gasteiger partial charge in [0.1, 0.15) is 12.0 Å². The van der Waals surface area contributed by atoms with Crippen LogP contribution >= 0.6 is 0 Å². The van der Waals surface area contributed by atoms with E-state index in [1.54, 1.807) is 0 Å². The van der Waals surface area contributed by atoms with Crippen LogP contribution < -0.4 is 11.5 Å². The lowest BCUT2D eigenvalue weighted by molar-refractivity contribution is -0.00714. The van der Waals surface area contributed by atoms with E-state index < -0.39 is 17.9 Å². The van der Waals surface area contributed by atoms with Gasteiger partial charge in [0.25, 0.3) is 0 Å². The van der Waals surface area contributed by atoms with Gasteiger partial charge in [-0.2, -0.15) is 0 Å². The summed E-state index contributed by atoms with van der Waals surface area (Å²) in [5.74, 6) is -0.419. The molecular weight excluding hydrogens is 276 g/mol. The number of aliphatic hydroxyl groups is 2. The van der Waals surface area contributed by atoms with Crippen LogP contribution in [0.1, 0.15) is 29.9 Å². The molecule has 0 aliphatic carbocycles. The Labute approximate surface area is 131 Å². The van der Waals surface area contributed by atoms with Gasteiger partial charge in [0, 0.05) is 5.92 Å². The molecule has 3 unspecified atom stereocenters. The van der Waals surface area contributed by atoms with E-state index in [1.165, 1.54) is 0 Å². The second-order valence-electron chi connectivity index (χ2n) is 5.74. The molecule has 118 valence electrons. The van der Waals surface area contributed by atoms with Gasteiger partial charge in [0.2, 0.25) is 0 Å². The standard InChI is InChI=1S/C18H24N2O2/c19-17(21)13-16(15-9-5-2-6-10-15)18(20,22)12-11-14-7-3-1-4-8-14/h1-10,16-17,21-22H,11-13,19-20H2. The molecule has 22 heavy (non-hydrogen) atoms. The Balaban J connectivity index is 2.14. The fraction of sp³-hybridized carbons (Fsp3) is 0.333. The molecule has 2 aromatic rings. The molecule has 0 aliphatic heterocycles. The topological polar surface area (TPSA) is 92.5 Å². The SMILES string of the molecule is NC(O)CC(c1ccccc1)C(N)(O)CCc1ccccc1. The van der Waals surface area contributed by atoms with Crippen molar-refractivity contribution in [2.75, 3.05) is 0 Å². The van der Waals surface area contributed by atoms with E-state index in [0.29, 0.717) is 12.8 Å². The molecule has 0 fully saturated rings. The van der Waals surface area contributed by atoms with Crippen LogP contribution in [-0.2, 0) is 6.42 Å². The quantitative estimate of drug-likeness (QED) is 0.586. The summed E-state index contributed by atoms with van der Waals surface area (Å²) in [6, 6.07) is 19.4. The van der Waals surface area contributed by atoms with Crippen LogP contribution in [0.25, 0.3) is 0 Å². The molecule has 0 heterocycles. The summed E-state index contributed by atoms with van der Waals surface area (Å²) >= 11 is 0. The third-order valence-electron chi connectivity index (χ3n) is 3.94. The fourth-order valence-corrected chi connectivity index (χ4v) is 2.72. The third-order valence-corrected chi connectivity index (χ3v) is 3.94. The highest BCUT2D eigenvalue weighted by Gasteiger charge is 2.34. The van der Waals surface area contributed by atoms with Crippen molar-refractivity contribution in [2.24, 2.45) is 11.5 Å². The molecule has 0 bridgehead atoms. The molecule has 0 radical (unpaired) electrons. The Kier molecular flexibility index (Phi) is 5.69. The van der Waals surface area contributed by atoms with Gasteiger partial charge in [0.15, 0.2) is 0 Å². The van der Waals surface area contributed by atoms with E-state index in [2.05, 4.69) is 0 Å². The van der Waals surface area contributed by atoms with Crippen molar-refractivity contribution in [3.8, 4) is 0 Å². The van der Waals surface area contributed by atoms with Gasteiger partial charge in [-0.15, -0.1) is 0 Å². The number of benzene rings is 2. The van der Waals surface area contributed by atoms with Crippen LogP contribution in [0, 0.1) is 0 Å². The zero-order valence-electron chi connectivity index (χ0n) is 12.6. The molecule has 0 aromatic heterocycles. The van der Waals surface area contributed by atoms with E-state index >= 15 is 0 Å². The molecule has 0 spiro atoms. The molecular formula is C18H24N2O2. The number of hydrogen-bond acceptors (Lipinski definition) is 4. The van der Waals surface area contributed by atoms with Gasteiger partial charge in [-0.05, 0) is 30.4 Å². The maximum atomic E-state index is 10.7. The normalized spacial score (nSPS) is 16.7. The number of aryl methyl sites for hydroxylation is 1. The zero-order valence-corrected chi connectivity index (χ0v) is 12.6. The van der Waals surface area contributed by atoms with Gasteiger partial charge >= 0.3 is 0 Å². The average Bonchev–Trinajstić information content (AvgIpc) is 2.52. The predicted molar refractivity (Wildman–Crippen MR) is 87.9 cm³/mol. The number of hydrogen-bond donors (Lipinski definition) is 4. The van der Waals surface area contributed by atoms with E-state index in [0.717, 1.165) is 11.1 Å². The number of nitrogens with two attached hydrogens (primary N) is 2. The third kappa shape index (κ3) is 4.64. The van der Waals surface area contributed by atoms with E-state index in [-0.39, 0.29) is 6.42 Å². The van der Waals surface area contributed by atoms with Gasteiger partial charge in [-0.25, -0.2) is 0 Å². The smallest absolute Gasteiger partial charge is 0.120 e. The van der Waals surface area contributed by atoms with Crippen LogP contribution in [0.5, 0.6) is 0 Å². The second-order valence-corrected chi connectivity index (χ2v) is 5.74. The van der Waals surface area contributed by atoms with Crippen LogP contribution in [0.2, 0.25) is 0 Å². The van der Waals surface area contributed by atoms with E-state index in [4.69, 9.17) is 11.5 Å². The van der Waals surface area contributed by atoms with E-state index in [9.17, 15) is 10.2 Å². The molecule has 2 rings (SSSR count). The molecule has 0 aliphatic rings. The molecule has 2 aromatic carbocycles. The molecule has 0 amide bonds. The summed E-state index contributed by atoms with van der Waals surface area (Å²) in [6.45, 7) is 0. The largest absolute Gasteiger partial charge is 0.379 e. The van der Waals surface area contributed by atoms with Crippen LogP contribution in [0.4, 0.5) is 0 Å². The Morgan fingerprint density at radius 3 is 2.05 bits per heavy atom. The Hall–Kier alpha value is -1.72. The Morgan fingerprint density at radius 2 is 1.50 bits per heavy atom. The van der Waals surface area contributed by atoms with Crippen molar-refractivity contribution in [3.05, 3.63) is 71.8 Å². The lowest BCUT2D eigenvalue weighted by Gasteiger charge is -2.34. The maximum Gasteiger partial charge on any atom is 0.120 e. The van der Waals surface area contributed by atoms with Gasteiger partial charge in [-0.1, -0.05) is 60.7 Å². The van der Waals surface area contributed by atoms with E-state index in [1.807, 2.05) is 60.7 Å². The van der Waals surface area contributed by atoms with Crippen molar-refractivity contribution >= 4 is 0 Å². The number of aliphatic hydroxyl groups excluding tert-OH is 1. The zero-order chi connectivity index (χ0) is 16.0. The predicted octanol–water partition coefficient (Wildman–Crippen LogP) is 1.72. The fourth-order valence-electron chi connectivity index (χ4n) is 2.72. The minimum Gasteiger partial charge on any atom is -0.379 e. The molecule has 3 atom stereocenters.